The minimum atomic E-state index is -1.15. The summed E-state index contributed by atoms with van der Waals surface area (Å²) in [7, 11) is 0. The van der Waals surface area contributed by atoms with E-state index in [0.29, 0.717) is 25.2 Å². The number of ether oxygens (including phenoxy) is 1. The third-order valence-corrected chi connectivity index (χ3v) is 6.41. The largest absolute Gasteiger partial charge is 0.471 e. The Hall–Kier alpha value is -2.94. The van der Waals surface area contributed by atoms with E-state index in [4.69, 9.17) is 15.6 Å². The summed E-state index contributed by atoms with van der Waals surface area (Å²) in [6.07, 6.45) is 1.64. The predicted octanol–water partition coefficient (Wildman–Crippen LogP) is 1.75. The van der Waals surface area contributed by atoms with Crippen LogP contribution in [0.5, 0.6) is 5.88 Å². The summed E-state index contributed by atoms with van der Waals surface area (Å²) in [4.78, 5) is 28.7. The number of hydrogen-bond acceptors (Lipinski definition) is 8. The SMILES string of the molecule is NC(=O)c1c(OCc2c(F)cc(F)cc2F)nsc1NC(=O)NCCCCN1CCN(CCO)CC1. The molecule has 5 N–H and O–H groups in total. The topological polar surface area (TPSA) is 133 Å². The van der Waals surface area contributed by atoms with Crippen molar-refractivity contribution in [2.75, 3.05) is 57.7 Å². The second-order valence-electron chi connectivity index (χ2n) is 8.19. The van der Waals surface area contributed by atoms with E-state index in [9.17, 15) is 22.8 Å². The van der Waals surface area contributed by atoms with Crippen LogP contribution in [0.3, 0.4) is 0 Å². The van der Waals surface area contributed by atoms with Gasteiger partial charge in [-0.25, -0.2) is 18.0 Å². The van der Waals surface area contributed by atoms with Crippen LogP contribution in [-0.4, -0.2) is 83.6 Å². The molecule has 0 aliphatic carbocycles. The number of rotatable bonds is 12. The van der Waals surface area contributed by atoms with Gasteiger partial charge in [0.25, 0.3) is 5.91 Å². The number of benzene rings is 1. The molecule has 3 amide bonds. The van der Waals surface area contributed by atoms with E-state index in [1.807, 2.05) is 0 Å². The minimum Gasteiger partial charge on any atom is -0.471 e. The predicted molar refractivity (Wildman–Crippen MR) is 128 cm³/mol. The van der Waals surface area contributed by atoms with Crippen LogP contribution in [0, 0.1) is 17.5 Å². The Kier molecular flexibility index (Phi) is 10.3. The number of halogens is 3. The molecule has 1 aromatic heterocycles. The summed E-state index contributed by atoms with van der Waals surface area (Å²) in [5, 5.41) is 14.2. The van der Waals surface area contributed by atoms with Gasteiger partial charge in [0.15, 0.2) is 0 Å². The van der Waals surface area contributed by atoms with Gasteiger partial charge in [0.1, 0.15) is 34.6 Å². The van der Waals surface area contributed by atoms with Crippen LogP contribution < -0.4 is 21.1 Å². The highest BCUT2D eigenvalue weighted by atomic mass is 32.1. The Bertz CT molecular complexity index is 1030. The van der Waals surface area contributed by atoms with E-state index in [1.54, 1.807) is 0 Å². The van der Waals surface area contributed by atoms with Crippen molar-refractivity contribution in [2.24, 2.45) is 5.73 Å². The summed E-state index contributed by atoms with van der Waals surface area (Å²) in [6, 6.07) is 0.448. The molecule has 2 aromatic rings. The molecule has 0 atom stereocenters. The number of carbonyl (C=O) groups is 2. The number of nitrogens with two attached hydrogens (primary N) is 1. The van der Waals surface area contributed by atoms with Gasteiger partial charge >= 0.3 is 6.03 Å². The van der Waals surface area contributed by atoms with Crippen LogP contribution in [0.1, 0.15) is 28.8 Å². The van der Waals surface area contributed by atoms with E-state index in [-0.39, 0.29) is 23.1 Å². The maximum atomic E-state index is 13.8. The quantitative estimate of drug-likeness (QED) is 0.307. The molecule has 1 aliphatic rings. The number of unbranched alkanes of at least 4 members (excludes halogenated alkanes) is 1. The van der Waals surface area contributed by atoms with Gasteiger partial charge in [0.2, 0.25) is 5.88 Å². The van der Waals surface area contributed by atoms with Gasteiger partial charge in [0.05, 0.1) is 12.2 Å². The number of hydrogen-bond donors (Lipinski definition) is 4. The van der Waals surface area contributed by atoms with Crippen molar-refractivity contribution in [3.05, 3.63) is 40.7 Å². The number of amides is 3. The number of aliphatic hydroxyl groups excluding tert-OH is 1. The smallest absolute Gasteiger partial charge is 0.319 e. The van der Waals surface area contributed by atoms with Crippen molar-refractivity contribution < 1.29 is 32.6 Å². The Morgan fingerprint density at radius 1 is 1.08 bits per heavy atom. The van der Waals surface area contributed by atoms with Gasteiger partial charge in [0, 0.05) is 51.4 Å². The monoisotopic (exact) mass is 530 g/mol. The lowest BCUT2D eigenvalue weighted by molar-refractivity contribution is 0.0996. The normalized spacial score (nSPS) is 14.6. The van der Waals surface area contributed by atoms with Gasteiger partial charge in [-0.15, -0.1) is 0 Å². The molecule has 14 heteroatoms. The fourth-order valence-corrected chi connectivity index (χ4v) is 4.45. The molecular weight excluding hydrogens is 501 g/mol. The first-order chi connectivity index (χ1) is 17.3. The second kappa shape index (κ2) is 13.4. The van der Waals surface area contributed by atoms with E-state index in [0.717, 1.165) is 57.1 Å². The average molecular weight is 531 g/mol. The first-order valence-corrected chi connectivity index (χ1v) is 12.2. The lowest BCUT2D eigenvalue weighted by atomic mass is 10.2. The van der Waals surface area contributed by atoms with Crippen LogP contribution >= 0.6 is 11.5 Å². The second-order valence-corrected chi connectivity index (χ2v) is 8.96. The third-order valence-electron chi connectivity index (χ3n) is 5.66. The molecule has 36 heavy (non-hydrogen) atoms. The molecule has 0 radical (unpaired) electrons. The highest BCUT2D eigenvalue weighted by Gasteiger charge is 2.23. The van der Waals surface area contributed by atoms with Crippen LogP contribution in [0.4, 0.5) is 23.0 Å². The maximum Gasteiger partial charge on any atom is 0.319 e. The molecule has 10 nitrogen and oxygen atoms in total. The zero-order valence-electron chi connectivity index (χ0n) is 19.6. The van der Waals surface area contributed by atoms with Crippen molar-refractivity contribution >= 4 is 28.5 Å². The number of primary amides is 1. The van der Waals surface area contributed by atoms with Crippen LogP contribution in [-0.2, 0) is 6.61 Å². The van der Waals surface area contributed by atoms with Gasteiger partial charge in [-0.05, 0) is 30.9 Å². The summed E-state index contributed by atoms with van der Waals surface area (Å²) >= 11 is 0.723. The maximum absolute atomic E-state index is 13.8. The molecule has 0 bridgehead atoms. The van der Waals surface area contributed by atoms with E-state index in [1.165, 1.54) is 0 Å². The Balaban J connectivity index is 1.43. The fraction of sp³-hybridized carbons (Fsp3) is 0.500. The van der Waals surface area contributed by atoms with Crippen molar-refractivity contribution in [2.45, 2.75) is 19.4 Å². The standard InChI is InChI=1S/C22H29F3N6O4S/c23-14-11-16(24)15(17(25)12-14)13-35-20-18(19(26)33)21(36-29-20)28-22(34)27-3-1-2-4-30-5-7-31(8-6-30)9-10-32/h11-12,32H,1-10,13H2,(H2,26,33)(H2,27,28,34). The summed E-state index contributed by atoms with van der Waals surface area (Å²) in [5.74, 6) is -4.62. The molecule has 2 heterocycles. The zero-order chi connectivity index (χ0) is 26.1. The summed E-state index contributed by atoms with van der Waals surface area (Å²) < 4.78 is 49.9. The Morgan fingerprint density at radius 2 is 1.72 bits per heavy atom. The van der Waals surface area contributed by atoms with E-state index < -0.39 is 41.6 Å². The molecule has 1 aliphatic heterocycles. The zero-order valence-corrected chi connectivity index (χ0v) is 20.4. The first kappa shape index (κ1) is 27.6. The number of nitrogens with one attached hydrogen (secondary N) is 2. The highest BCUT2D eigenvalue weighted by Crippen LogP contribution is 2.31. The lowest BCUT2D eigenvalue weighted by Gasteiger charge is -2.34. The number of anilines is 1. The molecule has 1 aromatic carbocycles. The molecule has 0 spiro atoms. The van der Waals surface area contributed by atoms with Crippen LogP contribution in [0.25, 0.3) is 0 Å². The van der Waals surface area contributed by atoms with Gasteiger partial charge in [-0.3, -0.25) is 15.0 Å². The fourth-order valence-electron chi connectivity index (χ4n) is 3.71. The van der Waals surface area contributed by atoms with Crippen molar-refractivity contribution in [1.82, 2.24) is 19.5 Å². The van der Waals surface area contributed by atoms with Crippen LogP contribution in [0.15, 0.2) is 12.1 Å². The first-order valence-electron chi connectivity index (χ1n) is 11.4. The number of β-amino-alcohol motifs (C(OH)–C–C–N with tert-alkyl or cyclic N) is 1. The number of aliphatic hydroxyl groups is 1. The van der Waals surface area contributed by atoms with Crippen molar-refractivity contribution in [1.29, 1.82) is 0 Å². The van der Waals surface area contributed by atoms with Crippen LogP contribution in [0.2, 0.25) is 0 Å². The van der Waals surface area contributed by atoms with Crippen molar-refractivity contribution in [3.63, 3.8) is 0 Å². The van der Waals surface area contributed by atoms with Gasteiger partial charge in [-0.2, -0.15) is 4.37 Å². The third kappa shape index (κ3) is 7.78. The van der Waals surface area contributed by atoms with E-state index >= 15 is 0 Å². The summed E-state index contributed by atoms with van der Waals surface area (Å²) in [5.41, 5.74) is 4.60. The molecule has 3 rings (SSSR count). The van der Waals surface area contributed by atoms with Gasteiger partial charge < -0.3 is 25.8 Å². The number of urea groups is 1. The average Bonchev–Trinajstić information content (AvgIpc) is 3.22. The molecular formula is C22H29F3N6O4S. The molecule has 198 valence electrons. The molecule has 1 saturated heterocycles. The number of piperazine rings is 1. The highest BCUT2D eigenvalue weighted by molar-refractivity contribution is 7.11. The molecule has 0 unspecified atom stereocenters. The molecule has 0 saturated carbocycles. The number of aromatic nitrogens is 1. The van der Waals surface area contributed by atoms with Gasteiger partial charge in [-0.1, -0.05) is 0 Å². The van der Waals surface area contributed by atoms with E-state index in [2.05, 4.69) is 24.8 Å². The number of carbonyl (C=O) groups excluding carboxylic acids is 2. The Morgan fingerprint density at radius 3 is 2.33 bits per heavy atom. The molecule has 1 fully saturated rings. The lowest BCUT2D eigenvalue weighted by Crippen LogP contribution is -2.47. The number of nitrogens with zero attached hydrogens (tertiary/aromatic N) is 3. The summed E-state index contributed by atoms with van der Waals surface area (Å²) in [6.45, 7) is 5.27. The Labute approximate surface area is 210 Å². The van der Waals surface area contributed by atoms with Crippen molar-refractivity contribution in [3.8, 4) is 5.88 Å². The minimum absolute atomic E-state index is 0.0239.